The molecule has 0 saturated carbocycles. The summed E-state index contributed by atoms with van der Waals surface area (Å²) >= 11 is 1.76. The second-order valence-corrected chi connectivity index (χ2v) is 7.14. The Bertz CT molecular complexity index is 716. The van der Waals surface area contributed by atoms with Crippen molar-refractivity contribution in [1.82, 2.24) is 0 Å². The minimum Gasteiger partial charge on any atom is -0.326 e. The zero-order valence-corrected chi connectivity index (χ0v) is 14.9. The van der Waals surface area contributed by atoms with Crippen LogP contribution in [0.5, 0.6) is 0 Å². The molecule has 3 rings (SSSR count). The van der Waals surface area contributed by atoms with Gasteiger partial charge in [0.2, 0.25) is 11.8 Å². The van der Waals surface area contributed by atoms with Crippen molar-refractivity contribution in [2.45, 2.75) is 25.0 Å². The fourth-order valence-corrected chi connectivity index (χ4v) is 3.70. The van der Waals surface area contributed by atoms with E-state index >= 15 is 0 Å². The number of nitrogens with one attached hydrogen (secondary N) is 1. The molecule has 5 heteroatoms. The summed E-state index contributed by atoms with van der Waals surface area (Å²) < 4.78 is 0. The smallest absolute Gasteiger partial charge is 0.227 e. The van der Waals surface area contributed by atoms with E-state index < -0.39 is 0 Å². The maximum Gasteiger partial charge on any atom is 0.227 e. The first-order valence-electron chi connectivity index (χ1n) is 8.54. The van der Waals surface area contributed by atoms with Gasteiger partial charge in [-0.15, -0.1) is 0 Å². The number of nitrogens with zero attached hydrogens (tertiary/aromatic N) is 1. The van der Waals surface area contributed by atoms with Crippen molar-refractivity contribution in [2.75, 3.05) is 22.5 Å². The molecule has 0 aliphatic carbocycles. The molecule has 25 heavy (non-hydrogen) atoms. The number of rotatable bonds is 7. The van der Waals surface area contributed by atoms with Crippen LogP contribution in [-0.4, -0.2) is 24.1 Å². The highest BCUT2D eigenvalue weighted by Crippen LogP contribution is 2.23. The molecule has 1 fully saturated rings. The Hall–Kier alpha value is -2.27. The van der Waals surface area contributed by atoms with Gasteiger partial charge in [0, 0.05) is 42.3 Å². The third-order valence-electron chi connectivity index (χ3n) is 4.12. The Balaban J connectivity index is 1.41. The summed E-state index contributed by atoms with van der Waals surface area (Å²) in [5, 5.41) is 2.91. The fraction of sp³-hybridized carbons (Fsp3) is 0.300. The van der Waals surface area contributed by atoms with E-state index in [1.165, 1.54) is 5.56 Å². The van der Waals surface area contributed by atoms with Crippen LogP contribution in [0.15, 0.2) is 54.6 Å². The van der Waals surface area contributed by atoms with Crippen molar-refractivity contribution in [3.63, 3.8) is 0 Å². The summed E-state index contributed by atoms with van der Waals surface area (Å²) in [6.07, 6.45) is 2.03. The summed E-state index contributed by atoms with van der Waals surface area (Å²) in [5.74, 6) is 1.91. The second kappa shape index (κ2) is 8.72. The molecule has 0 aromatic heterocycles. The van der Waals surface area contributed by atoms with Crippen LogP contribution in [0, 0.1) is 0 Å². The number of amides is 2. The Morgan fingerprint density at radius 3 is 2.52 bits per heavy atom. The van der Waals surface area contributed by atoms with Crippen molar-refractivity contribution in [3.8, 4) is 0 Å². The molecular weight excluding hydrogens is 332 g/mol. The first-order chi connectivity index (χ1) is 12.2. The van der Waals surface area contributed by atoms with Gasteiger partial charge in [-0.2, -0.15) is 11.8 Å². The molecule has 4 nitrogen and oxygen atoms in total. The van der Waals surface area contributed by atoms with Gasteiger partial charge in [-0.3, -0.25) is 9.59 Å². The molecule has 0 spiro atoms. The van der Waals surface area contributed by atoms with Crippen LogP contribution in [-0.2, 0) is 15.3 Å². The molecule has 0 radical (unpaired) electrons. The van der Waals surface area contributed by atoms with Gasteiger partial charge in [0.15, 0.2) is 0 Å². The Morgan fingerprint density at radius 1 is 1.08 bits per heavy atom. The van der Waals surface area contributed by atoms with Crippen LogP contribution in [0.1, 0.15) is 24.8 Å². The molecule has 130 valence electrons. The minimum atomic E-state index is 0.0190. The lowest BCUT2D eigenvalue weighted by Crippen LogP contribution is -2.23. The third-order valence-corrected chi connectivity index (χ3v) is 5.15. The average Bonchev–Trinajstić information content (AvgIpc) is 3.06. The third kappa shape index (κ3) is 5.10. The standard InChI is InChI=1S/C20H22N2O2S/c23-19(12-14-25-15-16-5-2-1-3-6-16)21-17-8-10-18(11-9-17)22-13-4-7-20(22)24/h1-3,5-6,8-11H,4,7,12-15H2,(H,21,23). The molecule has 2 amide bonds. The van der Waals surface area contributed by atoms with E-state index in [1.54, 1.807) is 16.7 Å². The van der Waals surface area contributed by atoms with Crippen LogP contribution in [0.3, 0.4) is 0 Å². The highest BCUT2D eigenvalue weighted by molar-refractivity contribution is 7.98. The lowest BCUT2D eigenvalue weighted by Gasteiger charge is -2.16. The molecular formula is C20H22N2O2S. The van der Waals surface area contributed by atoms with Gasteiger partial charge >= 0.3 is 0 Å². The summed E-state index contributed by atoms with van der Waals surface area (Å²) in [4.78, 5) is 25.6. The molecule has 1 aliphatic heterocycles. The molecule has 1 saturated heterocycles. The van der Waals surface area contributed by atoms with Crippen LogP contribution < -0.4 is 10.2 Å². The van der Waals surface area contributed by atoms with Gasteiger partial charge in [-0.25, -0.2) is 0 Å². The summed E-state index contributed by atoms with van der Waals surface area (Å²) in [7, 11) is 0. The monoisotopic (exact) mass is 354 g/mol. The second-order valence-electron chi connectivity index (χ2n) is 6.03. The highest BCUT2D eigenvalue weighted by atomic mass is 32.2. The Morgan fingerprint density at radius 2 is 1.84 bits per heavy atom. The van der Waals surface area contributed by atoms with E-state index in [4.69, 9.17) is 0 Å². The summed E-state index contributed by atoms with van der Waals surface area (Å²) in [6.45, 7) is 0.781. The maximum absolute atomic E-state index is 12.0. The van der Waals surface area contributed by atoms with E-state index in [2.05, 4.69) is 17.4 Å². The number of benzene rings is 2. The van der Waals surface area contributed by atoms with Gasteiger partial charge in [0.1, 0.15) is 0 Å². The van der Waals surface area contributed by atoms with E-state index in [1.807, 2.05) is 42.5 Å². The molecule has 0 atom stereocenters. The summed E-state index contributed by atoms with van der Waals surface area (Å²) in [6, 6.07) is 17.8. The molecule has 2 aromatic rings. The zero-order chi connectivity index (χ0) is 17.5. The van der Waals surface area contributed by atoms with E-state index in [0.717, 1.165) is 35.8 Å². The fourth-order valence-electron chi connectivity index (χ4n) is 2.80. The number of hydrogen-bond acceptors (Lipinski definition) is 3. The van der Waals surface area contributed by atoms with Gasteiger partial charge < -0.3 is 10.2 Å². The molecule has 1 aliphatic rings. The van der Waals surface area contributed by atoms with Crippen molar-refractivity contribution in [1.29, 1.82) is 0 Å². The van der Waals surface area contributed by atoms with Crippen molar-refractivity contribution in [3.05, 3.63) is 60.2 Å². The topological polar surface area (TPSA) is 49.4 Å². The zero-order valence-electron chi connectivity index (χ0n) is 14.1. The lowest BCUT2D eigenvalue weighted by atomic mass is 10.2. The molecule has 1 N–H and O–H groups in total. The quantitative estimate of drug-likeness (QED) is 0.763. The predicted octanol–water partition coefficient (Wildman–Crippen LogP) is 4.08. The maximum atomic E-state index is 12.0. The van der Waals surface area contributed by atoms with Crippen LogP contribution >= 0.6 is 11.8 Å². The molecule has 1 heterocycles. The Kier molecular flexibility index (Phi) is 6.12. The van der Waals surface area contributed by atoms with Gasteiger partial charge in [-0.1, -0.05) is 30.3 Å². The Labute approximate surface area is 152 Å². The first-order valence-corrected chi connectivity index (χ1v) is 9.70. The van der Waals surface area contributed by atoms with Crippen molar-refractivity contribution in [2.24, 2.45) is 0 Å². The molecule has 0 bridgehead atoms. The van der Waals surface area contributed by atoms with Gasteiger partial charge in [0.05, 0.1) is 0 Å². The normalized spacial score (nSPS) is 13.9. The van der Waals surface area contributed by atoms with E-state index in [0.29, 0.717) is 12.8 Å². The van der Waals surface area contributed by atoms with Crippen LogP contribution in [0.4, 0.5) is 11.4 Å². The minimum absolute atomic E-state index is 0.0190. The molecule has 0 unspecified atom stereocenters. The van der Waals surface area contributed by atoms with Gasteiger partial charge in [0.25, 0.3) is 0 Å². The van der Waals surface area contributed by atoms with Crippen molar-refractivity contribution < 1.29 is 9.59 Å². The number of hydrogen-bond donors (Lipinski definition) is 1. The number of anilines is 2. The van der Waals surface area contributed by atoms with E-state index in [9.17, 15) is 9.59 Å². The number of thioether (sulfide) groups is 1. The molecule has 2 aromatic carbocycles. The first kappa shape index (κ1) is 17.5. The lowest BCUT2D eigenvalue weighted by molar-refractivity contribution is -0.117. The van der Waals surface area contributed by atoms with Crippen molar-refractivity contribution >= 4 is 35.0 Å². The highest BCUT2D eigenvalue weighted by Gasteiger charge is 2.21. The number of carbonyl (C=O) groups excluding carboxylic acids is 2. The van der Waals surface area contributed by atoms with E-state index in [-0.39, 0.29) is 11.8 Å². The van der Waals surface area contributed by atoms with Crippen LogP contribution in [0.25, 0.3) is 0 Å². The number of carbonyl (C=O) groups is 2. The average molecular weight is 354 g/mol. The van der Waals surface area contributed by atoms with Gasteiger partial charge in [-0.05, 0) is 36.2 Å². The van der Waals surface area contributed by atoms with Crippen LogP contribution in [0.2, 0.25) is 0 Å². The predicted molar refractivity (Wildman–Crippen MR) is 104 cm³/mol. The largest absolute Gasteiger partial charge is 0.326 e. The SMILES string of the molecule is O=C(CCSCc1ccccc1)Nc1ccc(N2CCCC2=O)cc1. The summed E-state index contributed by atoms with van der Waals surface area (Å²) in [5.41, 5.74) is 2.95.